The highest BCUT2D eigenvalue weighted by atomic mass is 16.3. The summed E-state index contributed by atoms with van der Waals surface area (Å²) in [6.07, 6.45) is 2.59. The van der Waals surface area contributed by atoms with Crippen LogP contribution in [0.15, 0.2) is 28.7 Å². The van der Waals surface area contributed by atoms with Crippen LogP contribution in [0.25, 0.3) is 11.0 Å². The first kappa shape index (κ1) is 9.91. The number of hydrogen-bond donors (Lipinski definition) is 1. The first-order chi connectivity index (χ1) is 7.68. The zero-order chi connectivity index (χ0) is 11.2. The Morgan fingerprint density at radius 1 is 1.31 bits per heavy atom. The molecule has 0 saturated heterocycles. The van der Waals surface area contributed by atoms with Crippen LogP contribution in [0.1, 0.15) is 31.1 Å². The van der Waals surface area contributed by atoms with Gasteiger partial charge in [0, 0.05) is 23.0 Å². The molecule has 0 spiro atoms. The van der Waals surface area contributed by atoms with E-state index in [4.69, 9.17) is 4.42 Å². The second-order valence-corrected chi connectivity index (χ2v) is 5.05. The zero-order valence-corrected chi connectivity index (χ0v) is 9.84. The summed E-state index contributed by atoms with van der Waals surface area (Å²) < 4.78 is 5.74. The van der Waals surface area contributed by atoms with Gasteiger partial charge in [0.15, 0.2) is 0 Å². The molecule has 1 heterocycles. The molecule has 2 heteroatoms. The maximum atomic E-state index is 5.74. The summed E-state index contributed by atoms with van der Waals surface area (Å²) in [6.45, 7) is 5.25. The molecule has 0 radical (unpaired) electrons. The molecule has 16 heavy (non-hydrogen) atoms. The number of nitrogens with one attached hydrogen (secondary N) is 1. The number of hydrogen-bond acceptors (Lipinski definition) is 2. The average Bonchev–Trinajstić information content (AvgIpc) is 2.91. The molecule has 0 amide bonds. The van der Waals surface area contributed by atoms with Crippen molar-refractivity contribution in [3.05, 3.63) is 35.6 Å². The topological polar surface area (TPSA) is 25.2 Å². The van der Waals surface area contributed by atoms with Gasteiger partial charge in [0.25, 0.3) is 0 Å². The number of para-hydroxylation sites is 1. The van der Waals surface area contributed by atoms with E-state index < -0.39 is 0 Å². The van der Waals surface area contributed by atoms with Gasteiger partial charge in [-0.25, -0.2) is 0 Å². The van der Waals surface area contributed by atoms with Crippen LogP contribution in [0.5, 0.6) is 0 Å². The molecule has 2 nitrogen and oxygen atoms in total. The van der Waals surface area contributed by atoms with Crippen LogP contribution < -0.4 is 5.32 Å². The summed E-state index contributed by atoms with van der Waals surface area (Å²) in [6, 6.07) is 8.26. The summed E-state index contributed by atoms with van der Waals surface area (Å²) in [5, 5.41) is 4.86. The number of benzene rings is 1. The molecule has 1 aliphatic rings. The molecule has 84 valence electrons. The molecular formula is C14H17NO. The molecule has 1 aromatic heterocycles. The minimum atomic E-state index is 0.380. The van der Waals surface area contributed by atoms with E-state index in [1.807, 2.05) is 19.1 Å². The van der Waals surface area contributed by atoms with E-state index in [1.165, 1.54) is 23.8 Å². The zero-order valence-electron chi connectivity index (χ0n) is 9.84. The molecular weight excluding hydrogens is 198 g/mol. The van der Waals surface area contributed by atoms with Gasteiger partial charge in [0.2, 0.25) is 0 Å². The van der Waals surface area contributed by atoms with Crippen LogP contribution in [0, 0.1) is 6.92 Å². The summed E-state index contributed by atoms with van der Waals surface area (Å²) in [7, 11) is 0. The van der Waals surface area contributed by atoms with Gasteiger partial charge in [0.1, 0.15) is 11.3 Å². The molecule has 2 aromatic rings. The summed E-state index contributed by atoms with van der Waals surface area (Å²) >= 11 is 0. The Bertz CT molecular complexity index is 523. The molecule has 0 atom stereocenters. The van der Waals surface area contributed by atoms with Gasteiger partial charge in [0.05, 0.1) is 0 Å². The Hall–Kier alpha value is -1.28. The van der Waals surface area contributed by atoms with E-state index in [-0.39, 0.29) is 0 Å². The lowest BCUT2D eigenvalue weighted by molar-refractivity contribution is 0.523. The number of fused-ring (bicyclic) bond motifs is 1. The van der Waals surface area contributed by atoms with E-state index in [2.05, 4.69) is 24.4 Å². The van der Waals surface area contributed by atoms with E-state index >= 15 is 0 Å². The van der Waals surface area contributed by atoms with Crippen LogP contribution >= 0.6 is 0 Å². The van der Waals surface area contributed by atoms with Gasteiger partial charge in [-0.3, -0.25) is 0 Å². The Balaban J connectivity index is 1.92. The van der Waals surface area contributed by atoms with E-state index in [0.717, 1.165) is 17.9 Å². The molecule has 1 aliphatic carbocycles. The SMILES string of the molecule is Cc1oc2ccccc2c1CNC1(C)CC1. The summed E-state index contributed by atoms with van der Waals surface area (Å²) in [5.74, 6) is 1.04. The Kier molecular flexibility index (Phi) is 2.08. The maximum Gasteiger partial charge on any atom is 0.134 e. The fourth-order valence-electron chi connectivity index (χ4n) is 2.11. The molecule has 1 N–H and O–H groups in total. The smallest absolute Gasteiger partial charge is 0.134 e. The van der Waals surface area contributed by atoms with Crippen molar-refractivity contribution in [2.75, 3.05) is 0 Å². The van der Waals surface area contributed by atoms with Crippen molar-refractivity contribution in [3.8, 4) is 0 Å². The molecule has 0 unspecified atom stereocenters. The minimum absolute atomic E-state index is 0.380. The minimum Gasteiger partial charge on any atom is -0.461 e. The van der Waals surface area contributed by atoms with Crippen molar-refractivity contribution in [1.82, 2.24) is 5.32 Å². The molecule has 0 bridgehead atoms. The van der Waals surface area contributed by atoms with Gasteiger partial charge in [-0.15, -0.1) is 0 Å². The second kappa shape index (κ2) is 3.36. The van der Waals surface area contributed by atoms with Gasteiger partial charge < -0.3 is 9.73 Å². The van der Waals surface area contributed by atoms with Crippen molar-refractivity contribution in [3.63, 3.8) is 0 Å². The fraction of sp³-hybridized carbons (Fsp3) is 0.429. The Labute approximate surface area is 95.6 Å². The van der Waals surface area contributed by atoms with Crippen LogP contribution in [-0.2, 0) is 6.54 Å². The predicted molar refractivity (Wildman–Crippen MR) is 65.4 cm³/mol. The molecule has 1 fully saturated rings. The Morgan fingerprint density at radius 3 is 2.81 bits per heavy atom. The lowest BCUT2D eigenvalue weighted by atomic mass is 10.1. The van der Waals surface area contributed by atoms with Crippen molar-refractivity contribution in [1.29, 1.82) is 0 Å². The first-order valence-electron chi connectivity index (χ1n) is 5.90. The molecule has 0 aliphatic heterocycles. The third-order valence-electron chi connectivity index (χ3n) is 3.59. The molecule has 1 saturated carbocycles. The third kappa shape index (κ3) is 1.63. The van der Waals surface area contributed by atoms with Crippen LogP contribution in [0.2, 0.25) is 0 Å². The number of furan rings is 1. The van der Waals surface area contributed by atoms with Crippen molar-refractivity contribution in [2.45, 2.75) is 38.8 Å². The monoisotopic (exact) mass is 215 g/mol. The molecule has 3 rings (SSSR count). The van der Waals surface area contributed by atoms with Gasteiger partial charge in [-0.05, 0) is 32.8 Å². The highest BCUT2D eigenvalue weighted by Gasteiger charge is 2.36. The Morgan fingerprint density at radius 2 is 2.06 bits per heavy atom. The summed E-state index contributed by atoms with van der Waals surface area (Å²) in [4.78, 5) is 0. The highest BCUT2D eigenvalue weighted by molar-refractivity contribution is 5.82. The standard InChI is InChI=1S/C14H17NO/c1-10-12(9-15-14(2)7-8-14)11-5-3-4-6-13(11)16-10/h3-6,15H,7-9H2,1-2H3. The van der Waals surface area contributed by atoms with Crippen LogP contribution in [0.3, 0.4) is 0 Å². The van der Waals surface area contributed by atoms with E-state index in [0.29, 0.717) is 5.54 Å². The van der Waals surface area contributed by atoms with Crippen LogP contribution in [0.4, 0.5) is 0 Å². The number of aryl methyl sites for hydroxylation is 1. The van der Waals surface area contributed by atoms with E-state index in [1.54, 1.807) is 0 Å². The first-order valence-corrected chi connectivity index (χ1v) is 5.90. The normalized spacial score (nSPS) is 17.9. The number of rotatable bonds is 3. The molecule has 1 aromatic carbocycles. The van der Waals surface area contributed by atoms with Crippen molar-refractivity contribution < 1.29 is 4.42 Å². The van der Waals surface area contributed by atoms with Gasteiger partial charge in [-0.2, -0.15) is 0 Å². The fourth-order valence-corrected chi connectivity index (χ4v) is 2.11. The van der Waals surface area contributed by atoms with Crippen molar-refractivity contribution >= 4 is 11.0 Å². The predicted octanol–water partition coefficient (Wildman–Crippen LogP) is 3.38. The quantitative estimate of drug-likeness (QED) is 0.849. The lowest BCUT2D eigenvalue weighted by Crippen LogP contribution is -2.27. The largest absolute Gasteiger partial charge is 0.461 e. The average molecular weight is 215 g/mol. The highest BCUT2D eigenvalue weighted by Crippen LogP contribution is 2.35. The van der Waals surface area contributed by atoms with Crippen molar-refractivity contribution in [2.24, 2.45) is 0 Å². The van der Waals surface area contributed by atoms with Gasteiger partial charge in [-0.1, -0.05) is 18.2 Å². The maximum absolute atomic E-state index is 5.74. The van der Waals surface area contributed by atoms with Gasteiger partial charge >= 0.3 is 0 Å². The second-order valence-electron chi connectivity index (χ2n) is 5.05. The van der Waals surface area contributed by atoms with Crippen LogP contribution in [-0.4, -0.2) is 5.54 Å². The van der Waals surface area contributed by atoms with E-state index in [9.17, 15) is 0 Å². The summed E-state index contributed by atoms with van der Waals surface area (Å²) in [5.41, 5.74) is 2.69. The third-order valence-corrected chi connectivity index (χ3v) is 3.59. The lowest BCUT2D eigenvalue weighted by Gasteiger charge is -2.10.